The number of fused-ring (bicyclic) bond motifs is 1. The Morgan fingerprint density at radius 1 is 1.14 bits per heavy atom. The van der Waals surface area contributed by atoms with Crippen molar-refractivity contribution in [2.75, 3.05) is 36.1 Å². The summed E-state index contributed by atoms with van der Waals surface area (Å²) in [6.45, 7) is 3.88. The number of rotatable bonds is 2. The molecule has 2 aromatic rings. The summed E-state index contributed by atoms with van der Waals surface area (Å²) >= 11 is 0. The van der Waals surface area contributed by atoms with Gasteiger partial charge in [0, 0.05) is 31.4 Å². The van der Waals surface area contributed by atoms with Gasteiger partial charge in [0.25, 0.3) is 5.56 Å². The molecule has 2 aliphatic rings. The molecule has 1 fully saturated rings. The van der Waals surface area contributed by atoms with Crippen molar-refractivity contribution in [3.8, 4) is 0 Å². The third kappa shape index (κ3) is 3.46. The number of halogens is 3. The van der Waals surface area contributed by atoms with E-state index in [4.69, 9.17) is 4.74 Å². The lowest BCUT2D eigenvalue weighted by Crippen LogP contribution is -2.50. The van der Waals surface area contributed by atoms with E-state index >= 15 is 0 Å². The highest BCUT2D eigenvalue weighted by Gasteiger charge is 2.47. The predicted molar refractivity (Wildman–Crippen MR) is 99.3 cm³/mol. The number of aromatic nitrogens is 2. The molecule has 6 nitrogen and oxygen atoms in total. The molecule has 1 aromatic heterocycles. The normalized spacial score (nSPS) is 20.2. The number of anilines is 3. The maximum absolute atomic E-state index is 13.8. The fraction of sp³-hybridized carbons (Fsp3) is 0.474. The second-order valence-corrected chi connectivity index (χ2v) is 7.06. The summed E-state index contributed by atoms with van der Waals surface area (Å²) in [5.41, 5.74) is 0.869. The maximum atomic E-state index is 13.8. The topological polar surface area (TPSA) is 50.6 Å². The van der Waals surface area contributed by atoms with Gasteiger partial charge >= 0.3 is 6.18 Å². The summed E-state index contributed by atoms with van der Waals surface area (Å²) in [5, 5.41) is 0. The van der Waals surface area contributed by atoms with Gasteiger partial charge in [-0.25, -0.2) is 0 Å². The van der Waals surface area contributed by atoms with Crippen LogP contribution in [0, 0.1) is 6.92 Å². The molecule has 0 aliphatic carbocycles. The molecule has 0 N–H and O–H groups in total. The van der Waals surface area contributed by atoms with Crippen molar-refractivity contribution in [3.05, 3.63) is 46.2 Å². The molecule has 0 saturated carbocycles. The van der Waals surface area contributed by atoms with Gasteiger partial charge in [-0.1, -0.05) is 12.1 Å². The van der Waals surface area contributed by atoms with Crippen LogP contribution in [0.3, 0.4) is 0 Å². The van der Waals surface area contributed by atoms with Crippen LogP contribution in [0.1, 0.15) is 12.0 Å². The van der Waals surface area contributed by atoms with E-state index in [1.54, 1.807) is 18.2 Å². The lowest BCUT2D eigenvalue weighted by Gasteiger charge is -2.39. The number of ether oxygens (including phenoxy) is 1. The van der Waals surface area contributed by atoms with Crippen LogP contribution in [0.4, 0.5) is 30.6 Å². The van der Waals surface area contributed by atoms with E-state index in [1.165, 1.54) is 10.6 Å². The Morgan fingerprint density at radius 2 is 1.89 bits per heavy atom. The molecule has 0 radical (unpaired) electrons. The van der Waals surface area contributed by atoms with Crippen LogP contribution in [0.25, 0.3) is 0 Å². The molecule has 0 spiro atoms. The molecule has 1 atom stereocenters. The van der Waals surface area contributed by atoms with Gasteiger partial charge < -0.3 is 9.64 Å². The minimum Gasteiger partial charge on any atom is -0.378 e. The molecule has 1 aromatic carbocycles. The molecule has 3 heterocycles. The minimum atomic E-state index is -4.44. The minimum absolute atomic E-state index is 0.0168. The number of morpholine rings is 1. The smallest absolute Gasteiger partial charge is 0.378 e. The maximum Gasteiger partial charge on any atom is 0.409 e. The van der Waals surface area contributed by atoms with Gasteiger partial charge in [0.05, 0.1) is 13.2 Å². The Kier molecular flexibility index (Phi) is 4.78. The zero-order chi connectivity index (χ0) is 19.9. The third-order valence-electron chi connectivity index (χ3n) is 5.12. The van der Waals surface area contributed by atoms with E-state index in [1.807, 2.05) is 17.9 Å². The number of alkyl halides is 3. The average molecular weight is 394 g/mol. The summed E-state index contributed by atoms with van der Waals surface area (Å²) in [6, 6.07) is 6.50. The van der Waals surface area contributed by atoms with Crippen molar-refractivity contribution in [1.29, 1.82) is 0 Å². The van der Waals surface area contributed by atoms with Crippen LogP contribution in [0.5, 0.6) is 0 Å². The number of hydrogen-bond acceptors (Lipinski definition) is 5. The van der Waals surface area contributed by atoms with E-state index in [0.717, 1.165) is 10.5 Å². The number of nitrogens with zero attached hydrogens (tertiary/aromatic N) is 4. The second-order valence-electron chi connectivity index (χ2n) is 7.06. The number of hydrogen-bond donors (Lipinski definition) is 0. The van der Waals surface area contributed by atoms with Crippen molar-refractivity contribution >= 4 is 17.5 Å². The highest BCUT2D eigenvalue weighted by Crippen LogP contribution is 2.39. The van der Waals surface area contributed by atoms with Crippen LogP contribution in [0.15, 0.2) is 35.1 Å². The molecule has 1 saturated heterocycles. The van der Waals surface area contributed by atoms with Crippen LogP contribution < -0.4 is 15.4 Å². The Bertz CT molecular complexity index is 922. The lowest BCUT2D eigenvalue weighted by molar-refractivity contribution is -0.150. The standard InChI is InChI=1S/C19H21F3N4O2/c1-13-3-2-4-14(11-13)26-15(19(20,21)22)5-6-25-17(27)12-16(23-18(25)26)24-7-9-28-10-8-24/h2-4,11-12,15H,5-10H2,1H3/t15-/m0/s1. The second kappa shape index (κ2) is 7.12. The van der Waals surface area contributed by atoms with Gasteiger partial charge in [0.15, 0.2) is 0 Å². The van der Waals surface area contributed by atoms with Gasteiger partial charge in [-0.2, -0.15) is 18.2 Å². The summed E-state index contributed by atoms with van der Waals surface area (Å²) in [7, 11) is 0. The fourth-order valence-electron chi connectivity index (χ4n) is 3.73. The predicted octanol–water partition coefficient (Wildman–Crippen LogP) is 2.86. The largest absolute Gasteiger partial charge is 0.409 e. The van der Waals surface area contributed by atoms with Crippen molar-refractivity contribution < 1.29 is 17.9 Å². The van der Waals surface area contributed by atoms with Crippen molar-refractivity contribution in [2.24, 2.45) is 0 Å². The summed E-state index contributed by atoms with van der Waals surface area (Å²) in [4.78, 5) is 20.2. The Balaban J connectivity index is 1.86. The molecule has 0 unspecified atom stereocenters. The summed E-state index contributed by atoms with van der Waals surface area (Å²) in [6.07, 6.45) is -4.65. The van der Waals surface area contributed by atoms with Gasteiger partial charge in [-0.05, 0) is 31.0 Å². The van der Waals surface area contributed by atoms with Crippen LogP contribution in [-0.2, 0) is 11.3 Å². The first-order chi connectivity index (χ1) is 13.3. The molecular weight excluding hydrogens is 373 g/mol. The quantitative estimate of drug-likeness (QED) is 0.784. The highest BCUT2D eigenvalue weighted by molar-refractivity contribution is 5.62. The third-order valence-corrected chi connectivity index (χ3v) is 5.12. The van der Waals surface area contributed by atoms with E-state index < -0.39 is 12.2 Å². The van der Waals surface area contributed by atoms with Crippen molar-refractivity contribution in [2.45, 2.75) is 32.1 Å². The lowest BCUT2D eigenvalue weighted by atomic mass is 10.1. The van der Waals surface area contributed by atoms with Crippen molar-refractivity contribution in [3.63, 3.8) is 0 Å². The molecule has 0 bridgehead atoms. The Labute approximate surface area is 160 Å². The molecule has 150 valence electrons. The van der Waals surface area contributed by atoms with Crippen LogP contribution >= 0.6 is 0 Å². The number of benzene rings is 1. The zero-order valence-electron chi connectivity index (χ0n) is 15.4. The molecule has 9 heteroatoms. The van der Waals surface area contributed by atoms with Crippen LogP contribution in [0.2, 0.25) is 0 Å². The molecule has 2 aliphatic heterocycles. The fourth-order valence-corrected chi connectivity index (χ4v) is 3.73. The molecule has 4 rings (SSSR count). The summed E-state index contributed by atoms with van der Waals surface area (Å²) < 4.78 is 48.2. The molecule has 28 heavy (non-hydrogen) atoms. The van der Waals surface area contributed by atoms with E-state index in [-0.39, 0.29) is 24.5 Å². The van der Waals surface area contributed by atoms with Gasteiger partial charge in [-0.3, -0.25) is 14.3 Å². The first-order valence-electron chi connectivity index (χ1n) is 9.22. The van der Waals surface area contributed by atoms with Gasteiger partial charge in [0.2, 0.25) is 5.95 Å². The monoisotopic (exact) mass is 394 g/mol. The van der Waals surface area contributed by atoms with E-state index in [0.29, 0.717) is 37.8 Å². The first kappa shape index (κ1) is 18.8. The number of aryl methyl sites for hydroxylation is 1. The molecular formula is C19H21F3N4O2. The Hall–Kier alpha value is -2.55. The molecule has 0 amide bonds. The summed E-state index contributed by atoms with van der Waals surface area (Å²) in [5.74, 6) is 0.424. The zero-order valence-corrected chi connectivity index (χ0v) is 15.4. The first-order valence-corrected chi connectivity index (χ1v) is 9.22. The van der Waals surface area contributed by atoms with Crippen molar-refractivity contribution in [1.82, 2.24) is 9.55 Å². The van der Waals surface area contributed by atoms with E-state index in [9.17, 15) is 18.0 Å². The van der Waals surface area contributed by atoms with Gasteiger partial charge in [-0.15, -0.1) is 0 Å². The average Bonchev–Trinajstić information content (AvgIpc) is 2.67. The Morgan fingerprint density at radius 3 is 2.57 bits per heavy atom. The van der Waals surface area contributed by atoms with Crippen LogP contribution in [-0.4, -0.2) is 48.1 Å². The van der Waals surface area contributed by atoms with Gasteiger partial charge in [0.1, 0.15) is 11.9 Å². The highest BCUT2D eigenvalue weighted by atomic mass is 19.4. The van der Waals surface area contributed by atoms with E-state index in [2.05, 4.69) is 4.98 Å². The SMILES string of the molecule is Cc1cccc(N2c3nc(N4CCOCC4)cc(=O)n3CC[C@H]2C(F)(F)F)c1.